The molecular formula is C17H21FN2. The van der Waals surface area contributed by atoms with E-state index in [4.69, 9.17) is 5.84 Å². The van der Waals surface area contributed by atoms with E-state index < -0.39 is 0 Å². The first-order valence-corrected chi connectivity index (χ1v) is 6.85. The zero-order valence-electron chi connectivity index (χ0n) is 12.2. The van der Waals surface area contributed by atoms with E-state index in [1.165, 1.54) is 17.7 Å². The highest BCUT2D eigenvalue weighted by atomic mass is 19.1. The molecule has 2 aromatic rings. The Morgan fingerprint density at radius 2 is 1.60 bits per heavy atom. The van der Waals surface area contributed by atoms with Gasteiger partial charge < -0.3 is 0 Å². The van der Waals surface area contributed by atoms with Crippen LogP contribution in [0.5, 0.6) is 0 Å². The summed E-state index contributed by atoms with van der Waals surface area (Å²) in [7, 11) is 0. The molecule has 2 aromatic carbocycles. The zero-order chi connectivity index (χ0) is 14.7. The molecule has 0 aliphatic rings. The van der Waals surface area contributed by atoms with Gasteiger partial charge in [-0.15, -0.1) is 0 Å². The summed E-state index contributed by atoms with van der Waals surface area (Å²) in [5, 5.41) is 0. The molecule has 0 saturated carbocycles. The van der Waals surface area contributed by atoms with Crippen molar-refractivity contribution in [2.45, 2.75) is 32.7 Å². The number of hydrogen-bond donors (Lipinski definition) is 2. The first kappa shape index (κ1) is 14.7. The van der Waals surface area contributed by atoms with Crippen LogP contribution in [-0.2, 0) is 0 Å². The Hall–Kier alpha value is -1.71. The second kappa shape index (κ2) is 6.16. The summed E-state index contributed by atoms with van der Waals surface area (Å²) in [6.07, 6.45) is 0. The van der Waals surface area contributed by atoms with Crippen molar-refractivity contribution < 1.29 is 4.39 Å². The van der Waals surface area contributed by atoms with Crippen LogP contribution in [-0.4, -0.2) is 0 Å². The van der Waals surface area contributed by atoms with Crippen LogP contribution in [0.1, 0.15) is 48.1 Å². The standard InChI is InChI=1S/C17H21FN2/c1-11(2)13-4-6-14(7-5-13)17(20-19)16-9-8-15(18)10-12(16)3/h4-11,17,20H,19H2,1-3H3. The molecule has 2 rings (SSSR count). The van der Waals surface area contributed by atoms with Gasteiger partial charge in [0.25, 0.3) is 0 Å². The molecule has 0 heterocycles. The molecule has 106 valence electrons. The van der Waals surface area contributed by atoms with Gasteiger partial charge in [0, 0.05) is 0 Å². The Morgan fingerprint density at radius 1 is 1.00 bits per heavy atom. The van der Waals surface area contributed by atoms with Crippen LogP contribution >= 0.6 is 0 Å². The maximum absolute atomic E-state index is 13.2. The summed E-state index contributed by atoms with van der Waals surface area (Å²) >= 11 is 0. The molecule has 1 atom stereocenters. The molecule has 0 spiro atoms. The minimum absolute atomic E-state index is 0.128. The minimum atomic E-state index is -0.225. The van der Waals surface area contributed by atoms with Crippen LogP contribution in [0.4, 0.5) is 4.39 Å². The van der Waals surface area contributed by atoms with Crippen molar-refractivity contribution in [1.82, 2.24) is 5.43 Å². The Morgan fingerprint density at radius 3 is 2.10 bits per heavy atom. The van der Waals surface area contributed by atoms with Gasteiger partial charge in [0.2, 0.25) is 0 Å². The molecule has 20 heavy (non-hydrogen) atoms. The van der Waals surface area contributed by atoms with E-state index in [0.717, 1.165) is 16.7 Å². The molecule has 3 heteroatoms. The first-order chi connectivity index (χ1) is 9.52. The smallest absolute Gasteiger partial charge is 0.123 e. The molecule has 0 aliphatic heterocycles. The van der Waals surface area contributed by atoms with Crippen molar-refractivity contribution in [3.05, 3.63) is 70.5 Å². The first-order valence-electron chi connectivity index (χ1n) is 6.85. The number of nitrogens with two attached hydrogens (primary N) is 1. The predicted octanol–water partition coefficient (Wildman–Crippen LogP) is 3.81. The molecule has 3 N–H and O–H groups in total. The number of halogens is 1. The average Bonchev–Trinajstić information content (AvgIpc) is 2.42. The molecule has 2 nitrogen and oxygen atoms in total. The SMILES string of the molecule is Cc1cc(F)ccc1C(NN)c1ccc(C(C)C)cc1. The highest BCUT2D eigenvalue weighted by Gasteiger charge is 2.15. The van der Waals surface area contributed by atoms with Gasteiger partial charge in [-0.25, -0.2) is 9.82 Å². The second-order valence-corrected chi connectivity index (χ2v) is 5.42. The molecule has 0 bridgehead atoms. The highest BCUT2D eigenvalue weighted by molar-refractivity contribution is 5.38. The van der Waals surface area contributed by atoms with Crippen molar-refractivity contribution >= 4 is 0 Å². The van der Waals surface area contributed by atoms with Crippen LogP contribution in [0.25, 0.3) is 0 Å². The maximum atomic E-state index is 13.2. The molecule has 0 radical (unpaired) electrons. The Bertz CT molecular complexity index is 576. The van der Waals surface area contributed by atoms with Crippen molar-refractivity contribution in [3.63, 3.8) is 0 Å². The Labute approximate surface area is 119 Å². The van der Waals surface area contributed by atoms with E-state index in [1.54, 1.807) is 6.07 Å². The third kappa shape index (κ3) is 3.06. The van der Waals surface area contributed by atoms with Gasteiger partial charge in [-0.1, -0.05) is 44.2 Å². The lowest BCUT2D eigenvalue weighted by atomic mass is 9.93. The van der Waals surface area contributed by atoms with Crippen LogP contribution in [0.3, 0.4) is 0 Å². The summed E-state index contributed by atoms with van der Waals surface area (Å²) in [6, 6.07) is 13.0. The third-order valence-electron chi connectivity index (χ3n) is 3.65. The molecule has 0 fully saturated rings. The van der Waals surface area contributed by atoms with E-state index >= 15 is 0 Å². The van der Waals surface area contributed by atoms with Gasteiger partial charge in [0.15, 0.2) is 0 Å². The monoisotopic (exact) mass is 272 g/mol. The maximum Gasteiger partial charge on any atom is 0.123 e. The van der Waals surface area contributed by atoms with E-state index in [2.05, 4.69) is 43.5 Å². The van der Waals surface area contributed by atoms with Crippen molar-refractivity contribution in [1.29, 1.82) is 0 Å². The molecular weight excluding hydrogens is 251 g/mol. The third-order valence-corrected chi connectivity index (χ3v) is 3.65. The summed E-state index contributed by atoms with van der Waals surface area (Å²) < 4.78 is 13.2. The summed E-state index contributed by atoms with van der Waals surface area (Å²) in [4.78, 5) is 0. The second-order valence-electron chi connectivity index (χ2n) is 5.42. The average molecular weight is 272 g/mol. The molecule has 0 amide bonds. The van der Waals surface area contributed by atoms with Gasteiger partial charge >= 0.3 is 0 Å². The van der Waals surface area contributed by atoms with Crippen LogP contribution in [0, 0.1) is 12.7 Å². The number of benzene rings is 2. The van der Waals surface area contributed by atoms with Gasteiger partial charge in [0.1, 0.15) is 5.82 Å². The number of aryl methyl sites for hydroxylation is 1. The van der Waals surface area contributed by atoms with Gasteiger partial charge in [-0.2, -0.15) is 0 Å². The summed E-state index contributed by atoms with van der Waals surface area (Å²) in [5.41, 5.74) is 7.07. The molecule has 0 saturated heterocycles. The number of hydrogen-bond acceptors (Lipinski definition) is 2. The predicted molar refractivity (Wildman–Crippen MR) is 80.8 cm³/mol. The van der Waals surface area contributed by atoms with E-state index in [9.17, 15) is 4.39 Å². The van der Waals surface area contributed by atoms with E-state index in [0.29, 0.717) is 5.92 Å². The highest BCUT2D eigenvalue weighted by Crippen LogP contribution is 2.26. The number of rotatable bonds is 4. The lowest BCUT2D eigenvalue weighted by Crippen LogP contribution is -2.29. The van der Waals surface area contributed by atoms with Crippen LogP contribution in [0.2, 0.25) is 0 Å². The zero-order valence-corrected chi connectivity index (χ0v) is 12.2. The lowest BCUT2D eigenvalue weighted by molar-refractivity contribution is 0.612. The Balaban J connectivity index is 2.36. The van der Waals surface area contributed by atoms with Crippen molar-refractivity contribution in [2.75, 3.05) is 0 Å². The van der Waals surface area contributed by atoms with E-state index in [-0.39, 0.29) is 11.9 Å². The fourth-order valence-electron chi connectivity index (χ4n) is 2.40. The number of nitrogens with one attached hydrogen (secondary N) is 1. The normalized spacial score (nSPS) is 12.7. The molecule has 0 aliphatic carbocycles. The van der Waals surface area contributed by atoms with E-state index in [1.807, 2.05) is 6.92 Å². The lowest BCUT2D eigenvalue weighted by Gasteiger charge is -2.20. The van der Waals surface area contributed by atoms with Gasteiger partial charge in [-0.05, 0) is 47.2 Å². The fourth-order valence-corrected chi connectivity index (χ4v) is 2.40. The van der Waals surface area contributed by atoms with Crippen molar-refractivity contribution in [3.8, 4) is 0 Å². The quantitative estimate of drug-likeness (QED) is 0.656. The molecule has 0 aromatic heterocycles. The van der Waals surface area contributed by atoms with Gasteiger partial charge in [0.05, 0.1) is 6.04 Å². The summed E-state index contributed by atoms with van der Waals surface area (Å²) in [5.74, 6) is 5.97. The summed E-state index contributed by atoms with van der Waals surface area (Å²) in [6.45, 7) is 6.22. The topological polar surface area (TPSA) is 38.0 Å². The minimum Gasteiger partial charge on any atom is -0.271 e. The Kier molecular flexibility index (Phi) is 4.53. The van der Waals surface area contributed by atoms with Crippen molar-refractivity contribution in [2.24, 2.45) is 5.84 Å². The van der Waals surface area contributed by atoms with Crippen LogP contribution in [0.15, 0.2) is 42.5 Å². The fraction of sp³-hybridized carbons (Fsp3) is 0.294. The van der Waals surface area contributed by atoms with Gasteiger partial charge in [-0.3, -0.25) is 5.84 Å². The van der Waals surface area contributed by atoms with Crippen LogP contribution < -0.4 is 11.3 Å². The molecule has 1 unspecified atom stereocenters. The number of hydrazine groups is 1. The largest absolute Gasteiger partial charge is 0.271 e.